The lowest BCUT2D eigenvalue weighted by Crippen LogP contribution is -2.34. The maximum Gasteiger partial charge on any atom is 0.239 e. The number of carbonyl (C=O) groups excluding carboxylic acids is 1. The Morgan fingerprint density at radius 3 is 2.56 bits per heavy atom. The largest absolute Gasteiger partial charge is 0.274 e. The molecule has 1 amide bonds. The minimum Gasteiger partial charge on any atom is -0.274 e. The van der Waals surface area contributed by atoms with Gasteiger partial charge in [0, 0.05) is 5.92 Å². The summed E-state index contributed by atoms with van der Waals surface area (Å²) in [4.78, 5) is 11.3. The lowest BCUT2D eigenvalue weighted by atomic mass is 10.1. The predicted molar refractivity (Wildman–Crippen MR) is 66.8 cm³/mol. The molecule has 0 heterocycles. The molecule has 0 aliphatic carbocycles. The highest BCUT2D eigenvalue weighted by Crippen LogP contribution is 2.11. The highest BCUT2D eigenvalue weighted by molar-refractivity contribution is 7.89. The van der Waals surface area contributed by atoms with Gasteiger partial charge in [0.1, 0.15) is 0 Å². The summed E-state index contributed by atoms with van der Waals surface area (Å²) in [6, 6.07) is 8.31. The third-order valence-electron chi connectivity index (χ3n) is 2.26. The first-order valence-electron chi connectivity index (χ1n) is 5.38. The Morgan fingerprint density at radius 2 is 2.00 bits per heavy atom. The summed E-state index contributed by atoms with van der Waals surface area (Å²) in [5.74, 6) is -1.34. The molecular formula is C12H14N2O3S. The average molecular weight is 266 g/mol. The fourth-order valence-corrected chi connectivity index (χ4v) is 2.54. The van der Waals surface area contributed by atoms with Crippen LogP contribution in [0, 0.1) is 17.2 Å². The van der Waals surface area contributed by atoms with E-state index in [1.807, 2.05) is 10.8 Å². The molecule has 0 radical (unpaired) electrons. The van der Waals surface area contributed by atoms with Crippen LogP contribution in [0.5, 0.6) is 0 Å². The number of hydrogen-bond acceptors (Lipinski definition) is 4. The number of benzene rings is 1. The molecule has 0 aromatic heterocycles. The molecule has 1 aromatic carbocycles. The zero-order valence-corrected chi connectivity index (χ0v) is 11.0. The number of carbonyl (C=O) groups is 1. The van der Waals surface area contributed by atoms with Crippen LogP contribution in [-0.4, -0.2) is 14.3 Å². The van der Waals surface area contributed by atoms with Gasteiger partial charge in [-0.05, 0) is 11.6 Å². The third kappa shape index (κ3) is 3.86. The van der Waals surface area contributed by atoms with Crippen molar-refractivity contribution >= 4 is 15.9 Å². The topological polar surface area (TPSA) is 87.0 Å². The van der Waals surface area contributed by atoms with E-state index in [2.05, 4.69) is 0 Å². The van der Waals surface area contributed by atoms with E-state index in [4.69, 9.17) is 5.26 Å². The van der Waals surface area contributed by atoms with Crippen molar-refractivity contribution in [2.45, 2.75) is 19.6 Å². The second-order valence-electron chi connectivity index (χ2n) is 4.15. The van der Waals surface area contributed by atoms with Crippen molar-refractivity contribution in [2.75, 3.05) is 0 Å². The number of nitrogens with one attached hydrogen (secondary N) is 1. The molecule has 1 N–H and O–H groups in total. The number of nitrogens with zero attached hydrogens (tertiary/aromatic N) is 1. The van der Waals surface area contributed by atoms with Gasteiger partial charge in [-0.2, -0.15) is 5.26 Å². The van der Waals surface area contributed by atoms with Crippen molar-refractivity contribution in [3.05, 3.63) is 35.4 Å². The molecule has 0 fully saturated rings. The highest BCUT2D eigenvalue weighted by atomic mass is 32.2. The predicted octanol–water partition coefficient (Wildman–Crippen LogP) is 1.16. The van der Waals surface area contributed by atoms with Gasteiger partial charge in [-0.3, -0.25) is 9.52 Å². The molecule has 0 unspecified atom stereocenters. The molecule has 5 nitrogen and oxygen atoms in total. The van der Waals surface area contributed by atoms with Crippen molar-refractivity contribution < 1.29 is 13.2 Å². The van der Waals surface area contributed by atoms with Crippen LogP contribution < -0.4 is 4.72 Å². The normalized spacial score (nSPS) is 11.0. The van der Waals surface area contributed by atoms with Gasteiger partial charge in [-0.1, -0.05) is 32.0 Å². The van der Waals surface area contributed by atoms with E-state index in [0.717, 1.165) is 0 Å². The summed E-state index contributed by atoms with van der Waals surface area (Å²) < 4.78 is 25.5. The van der Waals surface area contributed by atoms with Crippen LogP contribution in [0.25, 0.3) is 0 Å². The maximum absolute atomic E-state index is 11.7. The molecule has 1 aromatic rings. The van der Waals surface area contributed by atoms with Crippen LogP contribution in [0.15, 0.2) is 24.3 Å². The lowest BCUT2D eigenvalue weighted by Gasteiger charge is -2.09. The molecule has 18 heavy (non-hydrogen) atoms. The molecule has 0 bridgehead atoms. The first-order chi connectivity index (χ1) is 8.35. The molecule has 0 aliphatic heterocycles. The number of hydrogen-bond donors (Lipinski definition) is 1. The van der Waals surface area contributed by atoms with Crippen LogP contribution in [0.2, 0.25) is 0 Å². The Kier molecular flexibility index (Phi) is 4.45. The molecule has 96 valence electrons. The zero-order valence-electron chi connectivity index (χ0n) is 10.2. The summed E-state index contributed by atoms with van der Waals surface area (Å²) in [7, 11) is -3.76. The Balaban J connectivity index is 2.90. The standard InChI is InChI=1S/C12H14N2O3S/c1-9(2)12(15)14-18(16,17)8-11-6-4-3-5-10(11)7-13/h3-6,9H,8H2,1-2H3,(H,14,15). The van der Waals surface area contributed by atoms with E-state index in [1.165, 1.54) is 6.07 Å². The van der Waals surface area contributed by atoms with Gasteiger partial charge in [0.25, 0.3) is 0 Å². The van der Waals surface area contributed by atoms with Crippen molar-refractivity contribution in [1.82, 2.24) is 4.72 Å². The Morgan fingerprint density at radius 1 is 1.39 bits per heavy atom. The van der Waals surface area contributed by atoms with Crippen LogP contribution in [0.4, 0.5) is 0 Å². The monoisotopic (exact) mass is 266 g/mol. The molecule has 0 aliphatic rings. The van der Waals surface area contributed by atoms with E-state index in [9.17, 15) is 13.2 Å². The maximum atomic E-state index is 11.7. The van der Waals surface area contributed by atoms with E-state index in [0.29, 0.717) is 11.1 Å². The molecule has 0 spiro atoms. The van der Waals surface area contributed by atoms with E-state index in [1.54, 1.807) is 32.0 Å². The van der Waals surface area contributed by atoms with Gasteiger partial charge in [0.05, 0.1) is 17.4 Å². The van der Waals surface area contributed by atoms with Crippen LogP contribution in [-0.2, 0) is 20.6 Å². The van der Waals surface area contributed by atoms with E-state index >= 15 is 0 Å². The summed E-state index contributed by atoms with van der Waals surface area (Å²) in [5, 5.41) is 8.85. The number of amides is 1. The van der Waals surface area contributed by atoms with Crippen molar-refractivity contribution in [3.63, 3.8) is 0 Å². The fourth-order valence-electron chi connectivity index (χ4n) is 1.27. The molecule has 6 heteroatoms. The summed E-state index contributed by atoms with van der Waals surface area (Å²) in [6.45, 7) is 3.21. The summed E-state index contributed by atoms with van der Waals surface area (Å²) >= 11 is 0. The number of sulfonamides is 1. The minimum absolute atomic E-state index is 0.292. The smallest absolute Gasteiger partial charge is 0.239 e. The Hall–Kier alpha value is -1.87. The lowest BCUT2D eigenvalue weighted by molar-refractivity contribution is -0.122. The second kappa shape index (κ2) is 5.65. The van der Waals surface area contributed by atoms with E-state index in [-0.39, 0.29) is 5.75 Å². The average Bonchev–Trinajstić information content (AvgIpc) is 2.28. The highest BCUT2D eigenvalue weighted by Gasteiger charge is 2.18. The SMILES string of the molecule is CC(C)C(=O)NS(=O)(=O)Cc1ccccc1C#N. The van der Waals surface area contributed by atoms with Crippen LogP contribution in [0.1, 0.15) is 25.0 Å². The van der Waals surface area contributed by atoms with Crippen molar-refractivity contribution in [2.24, 2.45) is 5.92 Å². The van der Waals surface area contributed by atoms with Gasteiger partial charge >= 0.3 is 0 Å². The van der Waals surface area contributed by atoms with Gasteiger partial charge in [0.15, 0.2) is 0 Å². The van der Waals surface area contributed by atoms with E-state index < -0.39 is 21.8 Å². The Bertz CT molecular complexity index is 586. The van der Waals surface area contributed by atoms with Gasteiger partial charge in [-0.25, -0.2) is 8.42 Å². The molecule has 1 rings (SSSR count). The Labute approximate surface area is 106 Å². The minimum atomic E-state index is -3.76. The van der Waals surface area contributed by atoms with Gasteiger partial charge in [-0.15, -0.1) is 0 Å². The number of nitriles is 1. The quantitative estimate of drug-likeness (QED) is 0.885. The second-order valence-corrected chi connectivity index (χ2v) is 5.87. The molecular weight excluding hydrogens is 252 g/mol. The van der Waals surface area contributed by atoms with Gasteiger partial charge in [0.2, 0.25) is 15.9 Å². The first kappa shape index (κ1) is 14.2. The molecule has 0 saturated heterocycles. The van der Waals surface area contributed by atoms with Crippen molar-refractivity contribution in [1.29, 1.82) is 5.26 Å². The molecule has 0 atom stereocenters. The fraction of sp³-hybridized carbons (Fsp3) is 0.333. The summed E-state index contributed by atoms with van der Waals surface area (Å²) in [5.41, 5.74) is 0.670. The number of rotatable bonds is 4. The third-order valence-corrected chi connectivity index (χ3v) is 3.47. The van der Waals surface area contributed by atoms with Gasteiger partial charge < -0.3 is 0 Å². The zero-order chi connectivity index (χ0) is 13.8. The first-order valence-corrected chi connectivity index (χ1v) is 7.03. The van der Waals surface area contributed by atoms with Crippen LogP contribution in [0.3, 0.4) is 0 Å². The molecule has 0 saturated carbocycles. The summed E-state index contributed by atoms with van der Waals surface area (Å²) in [6.07, 6.45) is 0. The van der Waals surface area contributed by atoms with Crippen molar-refractivity contribution in [3.8, 4) is 6.07 Å². The van der Waals surface area contributed by atoms with Crippen LogP contribution >= 0.6 is 0 Å².